The Morgan fingerprint density at radius 3 is 2.70 bits per heavy atom. The fourth-order valence-corrected chi connectivity index (χ4v) is 2.29. The molecule has 2 rings (SSSR count). The van der Waals surface area contributed by atoms with Crippen molar-refractivity contribution < 1.29 is 9.59 Å². The summed E-state index contributed by atoms with van der Waals surface area (Å²) in [5, 5.41) is 5.04. The molecule has 0 bridgehead atoms. The number of nitrogen functional groups attached to an aromatic ring is 1. The average molecular weight is 290 g/mol. The van der Waals surface area contributed by atoms with Gasteiger partial charge >= 0.3 is 0 Å². The van der Waals surface area contributed by atoms with Gasteiger partial charge in [0.25, 0.3) is 0 Å². The van der Waals surface area contributed by atoms with Gasteiger partial charge in [0.05, 0.1) is 18.7 Å². The number of hydrogen-bond acceptors (Lipinski definition) is 6. The number of carbonyl (C=O) groups is 2. The summed E-state index contributed by atoms with van der Waals surface area (Å²) in [6.45, 7) is -0.0199. The Morgan fingerprint density at radius 2 is 2.05 bits per heavy atom. The largest absolute Gasteiger partial charge is 0.376 e. The molecular weight excluding hydrogens is 276 g/mol. The van der Waals surface area contributed by atoms with E-state index in [2.05, 4.69) is 10.3 Å². The highest BCUT2D eigenvalue weighted by Crippen LogP contribution is 2.19. The molecule has 1 heterocycles. The number of rotatable bonds is 6. The summed E-state index contributed by atoms with van der Waals surface area (Å²) in [5.74, 6) is -0.581. The monoisotopic (exact) mass is 290 g/mol. The van der Waals surface area contributed by atoms with Crippen molar-refractivity contribution in [3.63, 3.8) is 0 Å². The Kier molecular flexibility index (Phi) is 4.31. The number of amides is 1. The summed E-state index contributed by atoms with van der Waals surface area (Å²) in [7, 11) is 0. The van der Waals surface area contributed by atoms with E-state index in [0.29, 0.717) is 22.1 Å². The lowest BCUT2D eigenvalue weighted by atomic mass is 10.0. The van der Waals surface area contributed by atoms with Gasteiger partial charge in [-0.25, -0.2) is 4.98 Å². The van der Waals surface area contributed by atoms with Gasteiger partial charge in [-0.15, -0.1) is 11.3 Å². The molecular formula is C13H14N4O2S. The van der Waals surface area contributed by atoms with Crippen LogP contribution >= 0.6 is 11.3 Å². The number of anilines is 2. The van der Waals surface area contributed by atoms with Gasteiger partial charge in [-0.05, 0) is 12.1 Å². The number of primary amides is 1. The van der Waals surface area contributed by atoms with E-state index in [0.717, 1.165) is 0 Å². The first-order valence-corrected chi connectivity index (χ1v) is 6.78. The number of Topliss-reactive ketones (excluding diaryl/α,β-unsaturated/α-hetero) is 1. The second kappa shape index (κ2) is 6.16. The summed E-state index contributed by atoms with van der Waals surface area (Å²) in [6, 6.07) is 6.96. The summed E-state index contributed by atoms with van der Waals surface area (Å²) in [6.07, 6.45) is 0.170. The zero-order valence-electron chi connectivity index (χ0n) is 10.6. The Bertz CT molecular complexity index is 639. The van der Waals surface area contributed by atoms with Crippen molar-refractivity contribution in [2.45, 2.75) is 6.42 Å². The van der Waals surface area contributed by atoms with E-state index in [1.54, 1.807) is 29.6 Å². The summed E-state index contributed by atoms with van der Waals surface area (Å²) in [4.78, 5) is 27.1. The molecule has 1 aromatic heterocycles. The highest BCUT2D eigenvalue weighted by Gasteiger charge is 2.13. The first kappa shape index (κ1) is 14.0. The van der Waals surface area contributed by atoms with E-state index < -0.39 is 5.91 Å². The maximum Gasteiger partial charge on any atom is 0.236 e. The smallest absolute Gasteiger partial charge is 0.236 e. The van der Waals surface area contributed by atoms with Crippen molar-refractivity contribution in [3.8, 4) is 0 Å². The van der Waals surface area contributed by atoms with Crippen LogP contribution in [0.3, 0.4) is 0 Å². The number of para-hydroxylation sites is 1. The van der Waals surface area contributed by atoms with Gasteiger partial charge in [-0.1, -0.05) is 12.1 Å². The molecule has 2 aromatic rings. The average Bonchev–Trinajstić information content (AvgIpc) is 2.82. The predicted octanol–water partition coefficient (Wildman–Crippen LogP) is 1.05. The lowest BCUT2D eigenvalue weighted by Crippen LogP contribution is -2.22. The van der Waals surface area contributed by atoms with Crippen LogP contribution in [0.4, 0.5) is 10.8 Å². The number of benzene rings is 1. The molecule has 20 heavy (non-hydrogen) atoms. The van der Waals surface area contributed by atoms with Crippen molar-refractivity contribution in [1.82, 2.24) is 4.98 Å². The predicted molar refractivity (Wildman–Crippen MR) is 78.7 cm³/mol. The molecule has 0 saturated carbocycles. The minimum absolute atomic E-state index is 0.0199. The van der Waals surface area contributed by atoms with E-state index in [-0.39, 0.29) is 18.7 Å². The van der Waals surface area contributed by atoms with Gasteiger partial charge in [0.2, 0.25) is 5.91 Å². The van der Waals surface area contributed by atoms with E-state index in [1.165, 1.54) is 11.3 Å². The lowest BCUT2D eigenvalue weighted by Gasteiger charge is -2.09. The lowest BCUT2D eigenvalue weighted by molar-refractivity contribution is -0.116. The van der Waals surface area contributed by atoms with Crippen LogP contribution in [0.1, 0.15) is 16.1 Å². The Labute approximate surface area is 119 Å². The third-order valence-corrected chi connectivity index (χ3v) is 3.31. The van der Waals surface area contributed by atoms with E-state index in [9.17, 15) is 9.59 Å². The highest BCUT2D eigenvalue weighted by molar-refractivity contribution is 7.13. The van der Waals surface area contributed by atoms with Crippen molar-refractivity contribution in [2.24, 2.45) is 5.73 Å². The number of aromatic nitrogens is 1. The number of ketones is 1. The minimum atomic E-state index is -0.487. The molecule has 0 spiro atoms. The summed E-state index contributed by atoms with van der Waals surface area (Å²) in [5.41, 5.74) is 12.3. The van der Waals surface area contributed by atoms with Crippen molar-refractivity contribution in [1.29, 1.82) is 0 Å². The first-order valence-electron chi connectivity index (χ1n) is 5.90. The van der Waals surface area contributed by atoms with Crippen LogP contribution in [-0.4, -0.2) is 23.2 Å². The third kappa shape index (κ3) is 3.55. The fraction of sp³-hybridized carbons (Fsp3) is 0.154. The van der Waals surface area contributed by atoms with Crippen LogP contribution < -0.4 is 16.8 Å². The van der Waals surface area contributed by atoms with Crippen molar-refractivity contribution in [2.75, 3.05) is 17.6 Å². The molecule has 0 atom stereocenters. The molecule has 104 valence electrons. The molecule has 5 N–H and O–H groups in total. The van der Waals surface area contributed by atoms with Gasteiger partial charge in [0, 0.05) is 16.6 Å². The molecule has 0 aliphatic rings. The standard InChI is InChI=1S/C13H14N4O2S/c14-12(19)6-16-10-4-2-1-3-9(10)11(18)5-8-7-20-13(15)17-8/h1-4,7,16H,5-6H2,(H2,14,19)(H2,15,17). The molecule has 1 amide bonds. The van der Waals surface area contributed by atoms with Crippen molar-refractivity contribution in [3.05, 3.63) is 40.9 Å². The van der Waals surface area contributed by atoms with Crippen LogP contribution in [0.25, 0.3) is 0 Å². The van der Waals surface area contributed by atoms with Crippen LogP contribution in [0.15, 0.2) is 29.6 Å². The maximum atomic E-state index is 12.3. The molecule has 7 heteroatoms. The van der Waals surface area contributed by atoms with Crippen LogP contribution in [0, 0.1) is 0 Å². The summed E-state index contributed by atoms with van der Waals surface area (Å²) >= 11 is 1.30. The zero-order chi connectivity index (χ0) is 14.5. The van der Waals surface area contributed by atoms with Crippen LogP contribution in [-0.2, 0) is 11.2 Å². The summed E-state index contributed by atoms with van der Waals surface area (Å²) < 4.78 is 0. The number of carbonyl (C=O) groups excluding carboxylic acids is 2. The van der Waals surface area contributed by atoms with Gasteiger partial charge in [-0.2, -0.15) is 0 Å². The minimum Gasteiger partial charge on any atom is -0.376 e. The number of thiazole rings is 1. The normalized spacial score (nSPS) is 10.2. The molecule has 0 saturated heterocycles. The van der Waals surface area contributed by atoms with Crippen molar-refractivity contribution >= 4 is 33.8 Å². The molecule has 1 aromatic carbocycles. The third-order valence-electron chi connectivity index (χ3n) is 2.59. The molecule has 0 aliphatic carbocycles. The van der Waals surface area contributed by atoms with Crippen LogP contribution in [0.5, 0.6) is 0 Å². The quantitative estimate of drug-likeness (QED) is 0.688. The molecule has 6 nitrogen and oxygen atoms in total. The number of nitrogens with one attached hydrogen (secondary N) is 1. The maximum absolute atomic E-state index is 12.3. The SMILES string of the molecule is NC(=O)CNc1ccccc1C(=O)Cc1csc(N)n1. The second-order valence-corrected chi connectivity index (χ2v) is 5.03. The topological polar surface area (TPSA) is 111 Å². The molecule has 0 aliphatic heterocycles. The van der Waals surface area contributed by atoms with E-state index >= 15 is 0 Å². The number of hydrogen-bond donors (Lipinski definition) is 3. The van der Waals surface area contributed by atoms with Crippen LogP contribution in [0.2, 0.25) is 0 Å². The molecule has 0 radical (unpaired) electrons. The Morgan fingerprint density at radius 1 is 1.30 bits per heavy atom. The van der Waals surface area contributed by atoms with E-state index in [1.807, 2.05) is 0 Å². The van der Waals surface area contributed by atoms with Gasteiger partial charge in [-0.3, -0.25) is 9.59 Å². The Hall–Kier alpha value is -2.41. The number of nitrogens with two attached hydrogens (primary N) is 2. The van der Waals surface area contributed by atoms with Gasteiger partial charge in [0.15, 0.2) is 10.9 Å². The van der Waals surface area contributed by atoms with E-state index in [4.69, 9.17) is 11.5 Å². The highest BCUT2D eigenvalue weighted by atomic mass is 32.1. The zero-order valence-corrected chi connectivity index (χ0v) is 11.4. The van der Waals surface area contributed by atoms with Gasteiger partial charge in [0.1, 0.15) is 0 Å². The first-order chi connectivity index (χ1) is 9.56. The second-order valence-electron chi connectivity index (χ2n) is 4.14. The van der Waals surface area contributed by atoms with Gasteiger partial charge < -0.3 is 16.8 Å². The number of nitrogens with zero attached hydrogens (tertiary/aromatic N) is 1. The fourth-order valence-electron chi connectivity index (χ4n) is 1.73. The molecule has 0 unspecified atom stereocenters. The molecule has 0 fully saturated rings. The Balaban J connectivity index is 2.14.